The molecule has 9 rings (SSSR count). The van der Waals surface area contributed by atoms with Gasteiger partial charge in [-0.05, 0) is 47.4 Å². The zero-order valence-electron chi connectivity index (χ0n) is 53.2. The Morgan fingerprint density at radius 2 is 0.843 bits per heavy atom. The number of hydrogen-bond acceptors (Lipinski definition) is 10. The van der Waals surface area contributed by atoms with Crippen molar-refractivity contribution in [3.8, 4) is 45.8 Å². The second-order valence-corrected chi connectivity index (χ2v) is 40.4. The molecule has 466 valence electrons. The summed E-state index contributed by atoms with van der Waals surface area (Å²) in [7, 11) is -2.35. The number of hydrogen-bond donors (Lipinski definition) is 0. The SMILES string of the molecule is CC(C)(CCOC1CCCCO1)[Si](C)(C)C#C[C@@H]1O[C@H](COCc2ccccc2)[C@@H](C#CC#C[C@@H]2O[C@H](COCc3ccccc3)[C@@H](C#[C][Ge]([CH3])([CH3])[CH3])[C@H](OCc3ccccc3)[C@H]2OCc2ccccc2)[C@H](OCc2ccccc2)[C@H]1OCc1ccccc1. The fraction of sp³-hybridized carbons (Fsp3) is 0.429. The molecule has 0 aliphatic carbocycles. The van der Waals surface area contributed by atoms with Crippen LogP contribution < -0.4 is 0 Å². The van der Waals surface area contributed by atoms with E-state index in [1.165, 1.54) is 0 Å². The molecule has 89 heavy (non-hydrogen) atoms. The van der Waals surface area contributed by atoms with E-state index in [1.807, 2.05) is 109 Å². The van der Waals surface area contributed by atoms with Crippen molar-refractivity contribution in [2.24, 2.45) is 11.8 Å². The molecule has 3 fully saturated rings. The maximum atomic E-state index is 7.29. The number of rotatable bonds is 25. The Bertz CT molecular complexity index is 3300. The molecule has 6 aromatic rings. The second kappa shape index (κ2) is 34.4. The Morgan fingerprint density at radius 1 is 0.461 bits per heavy atom. The quantitative estimate of drug-likeness (QED) is 0.0408. The molecule has 0 spiro atoms. The Kier molecular flexibility index (Phi) is 26.0. The van der Waals surface area contributed by atoms with Crippen LogP contribution in [-0.2, 0) is 87.0 Å². The van der Waals surface area contributed by atoms with Crippen LogP contribution in [-0.4, -0.2) is 103 Å². The first-order valence-corrected chi connectivity index (χ1v) is 42.1. The van der Waals surface area contributed by atoms with Crippen LogP contribution in [0.1, 0.15) is 72.9 Å². The fourth-order valence-corrected chi connectivity index (χ4v) is 13.7. The fourth-order valence-electron chi connectivity index (χ4n) is 10.9. The molecule has 0 N–H and O–H groups in total. The van der Waals surface area contributed by atoms with Crippen molar-refractivity contribution in [1.29, 1.82) is 0 Å². The summed E-state index contributed by atoms with van der Waals surface area (Å²) in [4.78, 5) is 0. The molecule has 3 aliphatic rings. The van der Waals surface area contributed by atoms with Gasteiger partial charge in [0.15, 0.2) is 6.29 Å². The van der Waals surface area contributed by atoms with Crippen molar-refractivity contribution in [2.75, 3.05) is 26.4 Å². The minimum atomic E-state index is -2.46. The van der Waals surface area contributed by atoms with E-state index in [1.54, 1.807) is 0 Å². The van der Waals surface area contributed by atoms with Gasteiger partial charge in [-0.2, -0.15) is 0 Å². The first-order valence-electron chi connectivity index (χ1n) is 31.7. The molecule has 3 saturated heterocycles. The average molecular weight is 1280 g/mol. The number of ether oxygens (including phenoxy) is 10. The third-order valence-corrected chi connectivity index (χ3v) is 23.1. The normalized spacial score (nSPS) is 23.7. The first kappa shape index (κ1) is 67.3. The van der Waals surface area contributed by atoms with Crippen LogP contribution in [0.4, 0.5) is 0 Å². The summed E-state index contributed by atoms with van der Waals surface area (Å²) in [5, 5.41) is -0.114. The van der Waals surface area contributed by atoms with E-state index >= 15 is 0 Å². The van der Waals surface area contributed by atoms with Gasteiger partial charge in [0.05, 0.1) is 26.4 Å². The summed E-state index contributed by atoms with van der Waals surface area (Å²) in [6.45, 7) is 13.1. The van der Waals surface area contributed by atoms with Gasteiger partial charge in [0.1, 0.15) is 20.3 Å². The van der Waals surface area contributed by atoms with Crippen LogP contribution in [0.2, 0.25) is 35.4 Å². The van der Waals surface area contributed by atoms with Crippen LogP contribution in [0.5, 0.6) is 0 Å². The number of benzene rings is 6. The van der Waals surface area contributed by atoms with Crippen molar-refractivity contribution < 1.29 is 47.4 Å². The van der Waals surface area contributed by atoms with Gasteiger partial charge in [0, 0.05) is 13.2 Å². The van der Waals surface area contributed by atoms with Crippen LogP contribution in [0.15, 0.2) is 182 Å². The van der Waals surface area contributed by atoms with Gasteiger partial charge in [-0.1, -0.05) is 124 Å². The molecule has 3 heterocycles. The Balaban J connectivity index is 1.10. The topological polar surface area (TPSA) is 92.3 Å². The van der Waals surface area contributed by atoms with Gasteiger partial charge in [0.25, 0.3) is 0 Å². The molecule has 11 atom stereocenters. The summed E-state index contributed by atoms with van der Waals surface area (Å²) < 4.78 is 71.9. The molecule has 1 unspecified atom stereocenters. The van der Waals surface area contributed by atoms with Crippen LogP contribution in [0.3, 0.4) is 0 Å². The van der Waals surface area contributed by atoms with Gasteiger partial charge in [-0.3, -0.25) is 0 Å². The van der Waals surface area contributed by atoms with Crippen molar-refractivity contribution >= 4 is 21.3 Å². The predicted molar refractivity (Wildman–Crippen MR) is 357 cm³/mol. The predicted octanol–water partition coefficient (Wildman–Crippen LogP) is 14.4. The van der Waals surface area contributed by atoms with Crippen molar-refractivity contribution in [2.45, 2.75) is 170 Å². The molecule has 6 aromatic carbocycles. The Hall–Kier alpha value is -6.08. The van der Waals surface area contributed by atoms with Gasteiger partial charge < -0.3 is 28.4 Å². The monoisotopic (exact) mass is 1280 g/mol. The molecule has 0 bridgehead atoms. The van der Waals surface area contributed by atoms with Crippen LogP contribution in [0.25, 0.3) is 0 Å². The van der Waals surface area contributed by atoms with Gasteiger partial charge in [0.2, 0.25) is 0 Å². The minimum absolute atomic E-state index is 0.114. The molecular weight excluding hydrogens is 1190 g/mol. The van der Waals surface area contributed by atoms with E-state index in [9.17, 15) is 0 Å². The molecule has 0 radical (unpaired) electrons. The summed E-state index contributed by atoms with van der Waals surface area (Å²) in [6.07, 6.45) is -1.32. The summed E-state index contributed by atoms with van der Waals surface area (Å²) in [5.74, 6) is 27.1. The van der Waals surface area contributed by atoms with E-state index in [-0.39, 0.29) is 24.5 Å². The molecule has 0 aromatic heterocycles. The smallest absolute Gasteiger partial charge is 0.369 e. The van der Waals surface area contributed by atoms with Crippen molar-refractivity contribution in [1.82, 2.24) is 0 Å². The van der Waals surface area contributed by atoms with E-state index in [0.29, 0.717) is 46.2 Å². The molecule has 3 aliphatic heterocycles. The zero-order chi connectivity index (χ0) is 62.2. The molecule has 0 saturated carbocycles. The van der Waals surface area contributed by atoms with E-state index < -0.39 is 82.0 Å². The molecule has 12 heteroatoms. The maximum absolute atomic E-state index is 7.29. The van der Waals surface area contributed by atoms with Crippen molar-refractivity contribution in [3.63, 3.8) is 0 Å². The van der Waals surface area contributed by atoms with Crippen molar-refractivity contribution in [3.05, 3.63) is 215 Å². The van der Waals surface area contributed by atoms with Gasteiger partial charge in [-0.25, -0.2) is 0 Å². The third kappa shape index (κ3) is 21.2. The Labute approximate surface area is 534 Å². The molecule has 10 nitrogen and oxygen atoms in total. The first-order chi connectivity index (χ1) is 43.3. The summed E-state index contributed by atoms with van der Waals surface area (Å²) in [5.41, 5.74) is 10.0. The van der Waals surface area contributed by atoms with E-state index in [4.69, 9.17) is 47.4 Å². The third-order valence-electron chi connectivity index (χ3n) is 16.8. The van der Waals surface area contributed by atoms with Gasteiger partial charge in [-0.15, -0.1) is 5.54 Å². The standard InChI is InChI=1S/C77H90GeO10Si/c1-77(2,47-50-82-72-44-28-29-49-81-72)89(6,7)51-46-69-76(86-57-65-40-24-13-25-41-65)73(83-54-62-34-18-10-19-35-62)66(70(88-69)58-79-52-60-30-14-8-15-31-60)42-26-27-43-68-75(85-56-64-38-22-12-23-39-64)74(84-55-63-36-20-11-21-37-63)67(45-48-78(3,4)5)71(87-68)59-80-53-61-32-16-9-17-33-61/h8-25,30-41,66-76H,28-29,44,47,49-50,52-59H2,1-7H3/t66-,67-,68+,69+,70-,71-,72?,73+,74+,75+,76+/m1/s1. The molecule has 0 amide bonds. The van der Waals surface area contributed by atoms with Gasteiger partial charge >= 0.3 is 266 Å². The molecular formula is C77H90GeO10Si. The average Bonchev–Trinajstić information content (AvgIpc) is 1.00. The van der Waals surface area contributed by atoms with E-state index in [2.05, 4.69) is 163 Å². The van der Waals surface area contributed by atoms with Crippen LogP contribution in [0, 0.1) is 57.7 Å². The zero-order valence-corrected chi connectivity index (χ0v) is 56.3. The summed E-state index contributed by atoms with van der Waals surface area (Å²) >= 11 is -2.46. The van der Waals surface area contributed by atoms with Crippen LogP contribution >= 0.6 is 0 Å². The van der Waals surface area contributed by atoms with E-state index in [0.717, 1.165) is 65.7 Å². The second-order valence-electron chi connectivity index (χ2n) is 25.5. The summed E-state index contributed by atoms with van der Waals surface area (Å²) in [6, 6.07) is 61.1. The Morgan fingerprint density at radius 3 is 1.25 bits per heavy atom. The minimum Gasteiger partial charge on any atom is -0.369 e.